The number of hydrogen-bond acceptors (Lipinski definition) is 10. The third kappa shape index (κ3) is 4.15. The van der Waals surface area contributed by atoms with Gasteiger partial charge in [-0.25, -0.2) is 0 Å². The van der Waals surface area contributed by atoms with Gasteiger partial charge >= 0.3 is 11.9 Å². The Morgan fingerprint density at radius 1 is 0.889 bits per heavy atom. The van der Waals surface area contributed by atoms with Gasteiger partial charge in [-0.15, -0.1) is 0 Å². The number of hydrogen-bond donors (Lipinski definition) is 1. The molecule has 4 rings (SSSR count). The Morgan fingerprint density at radius 3 is 1.94 bits per heavy atom. The van der Waals surface area contributed by atoms with Crippen molar-refractivity contribution < 1.29 is 42.7 Å². The highest BCUT2D eigenvalue weighted by Gasteiger charge is 2.54. The maximum atomic E-state index is 13.1. The lowest BCUT2D eigenvalue weighted by Gasteiger charge is -2.39. The van der Waals surface area contributed by atoms with Crippen molar-refractivity contribution in [1.82, 2.24) is 0 Å². The standard InChI is InChI=1S/C26H31NO9/c1-12(27)25(28)36-23-15-10-18(31-3)17(30-2)9-14(15)21(22-16(23)11-35-26(22)29)13-7-19(32-4)24(34-6)20(8-13)33-5/h7-10,12,16,21-23H,11,27H2,1-6H3/t12-,16-,21+,22-,23+/m0/s1. The van der Waals surface area contributed by atoms with E-state index in [0.29, 0.717) is 34.3 Å². The first kappa shape index (κ1) is 25.4. The second-order valence-corrected chi connectivity index (χ2v) is 8.74. The van der Waals surface area contributed by atoms with Crippen molar-refractivity contribution in [1.29, 1.82) is 0 Å². The predicted molar refractivity (Wildman–Crippen MR) is 128 cm³/mol. The Balaban J connectivity index is 1.99. The van der Waals surface area contributed by atoms with Crippen LogP contribution in [0, 0.1) is 11.8 Å². The highest BCUT2D eigenvalue weighted by Crippen LogP contribution is 2.56. The van der Waals surface area contributed by atoms with Gasteiger partial charge in [0.1, 0.15) is 12.1 Å². The number of fused-ring (bicyclic) bond motifs is 2. The summed E-state index contributed by atoms with van der Waals surface area (Å²) in [7, 11) is 7.63. The summed E-state index contributed by atoms with van der Waals surface area (Å²) < 4.78 is 39.1. The van der Waals surface area contributed by atoms with Crippen LogP contribution in [0.1, 0.15) is 35.6 Å². The number of carbonyl (C=O) groups excluding carboxylic acids is 2. The second-order valence-electron chi connectivity index (χ2n) is 8.74. The Hall–Kier alpha value is -3.66. The van der Waals surface area contributed by atoms with E-state index in [1.807, 2.05) is 12.1 Å². The smallest absolute Gasteiger partial charge is 0.323 e. The fourth-order valence-electron chi connectivity index (χ4n) is 5.11. The highest BCUT2D eigenvalue weighted by atomic mass is 16.6. The monoisotopic (exact) mass is 501 g/mol. The van der Waals surface area contributed by atoms with Gasteiger partial charge < -0.3 is 38.9 Å². The van der Waals surface area contributed by atoms with Gasteiger partial charge in [0, 0.05) is 17.4 Å². The van der Waals surface area contributed by atoms with Crippen LogP contribution in [-0.4, -0.2) is 60.1 Å². The fraction of sp³-hybridized carbons (Fsp3) is 0.462. The zero-order valence-corrected chi connectivity index (χ0v) is 21.2. The minimum atomic E-state index is -0.835. The van der Waals surface area contributed by atoms with E-state index in [0.717, 1.165) is 11.1 Å². The molecular formula is C26H31NO9. The van der Waals surface area contributed by atoms with E-state index in [1.54, 1.807) is 19.1 Å². The van der Waals surface area contributed by atoms with Gasteiger partial charge in [0.2, 0.25) is 5.75 Å². The minimum absolute atomic E-state index is 0.0924. The third-order valence-corrected chi connectivity index (χ3v) is 6.79. The largest absolute Gasteiger partial charge is 0.493 e. The van der Waals surface area contributed by atoms with Crippen LogP contribution in [0.4, 0.5) is 0 Å². The van der Waals surface area contributed by atoms with E-state index in [2.05, 4.69) is 0 Å². The molecule has 0 bridgehead atoms. The normalized spacial score (nSPS) is 23.0. The minimum Gasteiger partial charge on any atom is -0.493 e. The van der Waals surface area contributed by atoms with Crippen molar-refractivity contribution in [2.45, 2.75) is 25.0 Å². The number of cyclic esters (lactones) is 1. The second kappa shape index (κ2) is 10.1. The summed E-state index contributed by atoms with van der Waals surface area (Å²) in [6, 6.07) is 6.36. The number of nitrogens with two attached hydrogens (primary N) is 1. The molecule has 10 nitrogen and oxygen atoms in total. The molecule has 1 aliphatic heterocycles. The number of benzene rings is 2. The summed E-state index contributed by atoms with van der Waals surface area (Å²) in [5.41, 5.74) is 7.94. The van der Waals surface area contributed by atoms with Crippen LogP contribution in [-0.2, 0) is 19.1 Å². The van der Waals surface area contributed by atoms with Crippen molar-refractivity contribution in [2.24, 2.45) is 17.6 Å². The zero-order valence-electron chi connectivity index (χ0n) is 21.2. The summed E-state index contributed by atoms with van der Waals surface area (Å²) in [5.74, 6) is -0.295. The molecule has 2 aliphatic rings. The molecule has 10 heteroatoms. The molecule has 2 aromatic carbocycles. The number of carbonyl (C=O) groups is 2. The molecule has 194 valence electrons. The van der Waals surface area contributed by atoms with Crippen molar-refractivity contribution in [3.63, 3.8) is 0 Å². The van der Waals surface area contributed by atoms with Crippen LogP contribution >= 0.6 is 0 Å². The van der Waals surface area contributed by atoms with Gasteiger partial charge in [-0.05, 0) is 42.3 Å². The summed E-state index contributed by atoms with van der Waals surface area (Å²) in [4.78, 5) is 25.7. The molecule has 1 saturated heterocycles. The zero-order chi connectivity index (χ0) is 26.1. The molecule has 0 amide bonds. The quantitative estimate of drug-likeness (QED) is 0.540. The Morgan fingerprint density at radius 2 is 1.44 bits per heavy atom. The van der Waals surface area contributed by atoms with Crippen LogP contribution in [0.25, 0.3) is 0 Å². The number of esters is 2. The van der Waals surface area contributed by atoms with E-state index in [9.17, 15) is 9.59 Å². The highest BCUT2D eigenvalue weighted by molar-refractivity contribution is 5.80. The summed E-state index contributed by atoms with van der Waals surface area (Å²) in [6.45, 7) is 1.64. The predicted octanol–water partition coefficient (Wildman–Crippen LogP) is 2.60. The molecule has 36 heavy (non-hydrogen) atoms. The third-order valence-electron chi connectivity index (χ3n) is 6.79. The molecule has 0 radical (unpaired) electrons. The molecule has 2 aromatic rings. The average Bonchev–Trinajstić information content (AvgIpc) is 3.27. The first-order valence-corrected chi connectivity index (χ1v) is 11.5. The number of methoxy groups -OCH3 is 5. The van der Waals surface area contributed by atoms with E-state index < -0.39 is 35.9 Å². The van der Waals surface area contributed by atoms with Crippen LogP contribution in [0.2, 0.25) is 0 Å². The van der Waals surface area contributed by atoms with Crippen molar-refractivity contribution in [2.75, 3.05) is 42.2 Å². The molecule has 5 atom stereocenters. The maximum Gasteiger partial charge on any atom is 0.323 e. The molecule has 1 aliphatic carbocycles. The van der Waals surface area contributed by atoms with Crippen LogP contribution < -0.4 is 29.4 Å². The Kier molecular flexibility index (Phi) is 7.16. The summed E-state index contributed by atoms with van der Waals surface area (Å²) in [6.07, 6.45) is -0.770. The van der Waals surface area contributed by atoms with Gasteiger partial charge in [0.25, 0.3) is 0 Å². The van der Waals surface area contributed by atoms with E-state index >= 15 is 0 Å². The Labute approximate surface area is 209 Å². The van der Waals surface area contributed by atoms with E-state index in [-0.39, 0.29) is 12.6 Å². The van der Waals surface area contributed by atoms with Gasteiger partial charge in [-0.1, -0.05) is 0 Å². The molecule has 2 N–H and O–H groups in total. The molecule has 1 fully saturated rings. The van der Waals surface area contributed by atoms with Gasteiger partial charge in [-0.2, -0.15) is 0 Å². The molecule has 0 saturated carbocycles. The molecule has 0 spiro atoms. The SMILES string of the molecule is COc1cc2c(cc1OC)[C@@H](OC(=O)[C@H](C)N)[C@H]1COC(=O)[C@@H]1[C@@H]2c1cc(OC)c(OC)c(OC)c1. The van der Waals surface area contributed by atoms with Crippen LogP contribution in [0.15, 0.2) is 24.3 Å². The Bertz CT molecular complexity index is 1140. The molecule has 0 unspecified atom stereocenters. The van der Waals surface area contributed by atoms with Crippen molar-refractivity contribution >= 4 is 11.9 Å². The van der Waals surface area contributed by atoms with Crippen LogP contribution in [0.5, 0.6) is 28.7 Å². The summed E-state index contributed by atoms with van der Waals surface area (Å²) in [5, 5.41) is 0. The average molecular weight is 502 g/mol. The number of ether oxygens (including phenoxy) is 7. The maximum absolute atomic E-state index is 13.1. The molecule has 1 heterocycles. The van der Waals surface area contributed by atoms with Crippen molar-refractivity contribution in [3.8, 4) is 28.7 Å². The molecular weight excluding hydrogens is 470 g/mol. The van der Waals surface area contributed by atoms with Gasteiger partial charge in [0.05, 0.1) is 48.1 Å². The lowest BCUT2D eigenvalue weighted by atomic mass is 9.66. The lowest BCUT2D eigenvalue weighted by molar-refractivity contribution is -0.155. The van der Waals surface area contributed by atoms with E-state index in [4.69, 9.17) is 38.9 Å². The van der Waals surface area contributed by atoms with Crippen LogP contribution in [0.3, 0.4) is 0 Å². The number of rotatable bonds is 8. The molecule has 0 aromatic heterocycles. The van der Waals surface area contributed by atoms with E-state index in [1.165, 1.54) is 35.5 Å². The van der Waals surface area contributed by atoms with Gasteiger partial charge in [-0.3, -0.25) is 9.59 Å². The first-order valence-electron chi connectivity index (χ1n) is 11.5. The lowest BCUT2D eigenvalue weighted by Crippen LogP contribution is -2.39. The van der Waals surface area contributed by atoms with Gasteiger partial charge in [0.15, 0.2) is 23.0 Å². The van der Waals surface area contributed by atoms with Crippen molar-refractivity contribution in [3.05, 3.63) is 41.0 Å². The fourth-order valence-corrected chi connectivity index (χ4v) is 5.11. The first-order chi connectivity index (χ1) is 17.3. The topological polar surface area (TPSA) is 125 Å². The summed E-state index contributed by atoms with van der Waals surface area (Å²) >= 11 is 0.